The van der Waals surface area contributed by atoms with Crippen LogP contribution in [0.15, 0.2) is 12.3 Å². The lowest BCUT2D eigenvalue weighted by atomic mass is 10.1. The molecule has 0 atom stereocenters. The Morgan fingerprint density at radius 2 is 1.91 bits per heavy atom. The Labute approximate surface area is 70.4 Å². The van der Waals surface area contributed by atoms with Gasteiger partial charge in [-0.15, -0.1) is 0 Å². The Hall–Kier alpha value is -0.460. The molecule has 0 saturated heterocycles. The number of hydrogen-bond acceptors (Lipinski definition) is 1. The standard InChI is InChI=1S/C10H19O/c1-3-4-5-6-7-8-9-10-11-2/h9-10H,1,3-8H2,2H3/b10-9+. The Balaban J connectivity index is 2.85. The average Bonchev–Trinajstić information content (AvgIpc) is 2.03. The maximum Gasteiger partial charge on any atom is 0.0784 e. The van der Waals surface area contributed by atoms with Crippen LogP contribution in [0, 0.1) is 6.92 Å². The molecule has 1 heteroatoms. The molecular weight excluding hydrogens is 136 g/mol. The van der Waals surface area contributed by atoms with Gasteiger partial charge in [-0.1, -0.05) is 32.6 Å². The zero-order valence-corrected chi connectivity index (χ0v) is 7.51. The molecule has 0 amide bonds. The molecule has 0 aliphatic carbocycles. The van der Waals surface area contributed by atoms with Crippen molar-refractivity contribution in [3.8, 4) is 0 Å². The molecule has 0 aliphatic rings. The zero-order chi connectivity index (χ0) is 8.36. The van der Waals surface area contributed by atoms with Crippen molar-refractivity contribution in [2.75, 3.05) is 7.11 Å². The van der Waals surface area contributed by atoms with E-state index in [1.807, 2.05) is 0 Å². The molecule has 11 heavy (non-hydrogen) atoms. The largest absolute Gasteiger partial charge is 0.505 e. The molecule has 0 aliphatic heterocycles. The van der Waals surface area contributed by atoms with Gasteiger partial charge in [-0.2, -0.15) is 0 Å². The first-order valence-corrected chi connectivity index (χ1v) is 4.39. The summed E-state index contributed by atoms with van der Waals surface area (Å²) >= 11 is 0. The number of allylic oxidation sites excluding steroid dienone is 1. The van der Waals surface area contributed by atoms with Gasteiger partial charge in [-0.3, -0.25) is 0 Å². The fraction of sp³-hybridized carbons (Fsp3) is 0.700. The zero-order valence-electron chi connectivity index (χ0n) is 7.51. The Morgan fingerprint density at radius 1 is 1.18 bits per heavy atom. The minimum atomic E-state index is 1.08. The normalized spacial score (nSPS) is 10.7. The summed E-state index contributed by atoms with van der Waals surface area (Å²) in [5.41, 5.74) is 0. The lowest BCUT2D eigenvalue weighted by molar-refractivity contribution is 0.336. The van der Waals surface area contributed by atoms with E-state index in [1.54, 1.807) is 13.4 Å². The first kappa shape index (κ1) is 10.5. The Kier molecular flexibility index (Phi) is 9.14. The summed E-state index contributed by atoms with van der Waals surface area (Å²) in [5, 5.41) is 0. The van der Waals surface area contributed by atoms with Gasteiger partial charge in [0.15, 0.2) is 0 Å². The highest BCUT2D eigenvalue weighted by molar-refractivity contribution is 4.72. The highest BCUT2D eigenvalue weighted by atomic mass is 16.5. The van der Waals surface area contributed by atoms with E-state index in [0.29, 0.717) is 0 Å². The SMILES string of the molecule is [CH2]CCCCCC/C=C/OC. The molecule has 0 unspecified atom stereocenters. The quantitative estimate of drug-likeness (QED) is 0.405. The van der Waals surface area contributed by atoms with Crippen LogP contribution in [0.3, 0.4) is 0 Å². The molecule has 0 aromatic carbocycles. The predicted octanol–water partition coefficient (Wildman–Crippen LogP) is 3.32. The lowest BCUT2D eigenvalue weighted by Gasteiger charge is -1.95. The van der Waals surface area contributed by atoms with Gasteiger partial charge in [0.1, 0.15) is 0 Å². The van der Waals surface area contributed by atoms with E-state index >= 15 is 0 Å². The van der Waals surface area contributed by atoms with E-state index in [-0.39, 0.29) is 0 Å². The number of ether oxygens (including phenoxy) is 1. The predicted molar refractivity (Wildman–Crippen MR) is 49.2 cm³/mol. The van der Waals surface area contributed by atoms with Crippen LogP contribution in [0.5, 0.6) is 0 Å². The molecule has 0 rings (SSSR count). The second-order valence-corrected chi connectivity index (χ2v) is 2.66. The topological polar surface area (TPSA) is 9.23 Å². The van der Waals surface area contributed by atoms with Crippen molar-refractivity contribution in [2.45, 2.75) is 38.5 Å². The first-order chi connectivity index (χ1) is 5.41. The number of hydrogen-bond donors (Lipinski definition) is 0. The van der Waals surface area contributed by atoms with Crippen LogP contribution >= 0.6 is 0 Å². The minimum Gasteiger partial charge on any atom is -0.505 e. The summed E-state index contributed by atoms with van der Waals surface area (Å²) in [6.45, 7) is 3.80. The molecule has 0 aromatic heterocycles. The van der Waals surface area contributed by atoms with Crippen LogP contribution in [0.25, 0.3) is 0 Å². The van der Waals surface area contributed by atoms with Crippen molar-refractivity contribution in [1.29, 1.82) is 0 Å². The summed E-state index contributed by atoms with van der Waals surface area (Å²) < 4.78 is 4.78. The molecule has 0 fully saturated rings. The van der Waals surface area contributed by atoms with Gasteiger partial charge in [0.05, 0.1) is 13.4 Å². The van der Waals surface area contributed by atoms with Crippen LogP contribution in [0.4, 0.5) is 0 Å². The lowest BCUT2D eigenvalue weighted by Crippen LogP contribution is -1.76. The van der Waals surface area contributed by atoms with E-state index in [9.17, 15) is 0 Å². The van der Waals surface area contributed by atoms with Gasteiger partial charge in [0, 0.05) is 0 Å². The summed E-state index contributed by atoms with van der Waals surface area (Å²) in [5.74, 6) is 0. The second kappa shape index (κ2) is 9.54. The molecular formula is C10H19O. The third kappa shape index (κ3) is 9.54. The monoisotopic (exact) mass is 155 g/mol. The van der Waals surface area contributed by atoms with E-state index in [2.05, 4.69) is 13.0 Å². The second-order valence-electron chi connectivity index (χ2n) is 2.66. The molecule has 1 nitrogen and oxygen atoms in total. The van der Waals surface area contributed by atoms with Crippen LogP contribution in [-0.4, -0.2) is 7.11 Å². The first-order valence-electron chi connectivity index (χ1n) is 4.39. The van der Waals surface area contributed by atoms with Gasteiger partial charge in [0.2, 0.25) is 0 Å². The average molecular weight is 155 g/mol. The Morgan fingerprint density at radius 3 is 2.55 bits per heavy atom. The van der Waals surface area contributed by atoms with Gasteiger partial charge < -0.3 is 4.74 Å². The highest BCUT2D eigenvalue weighted by Crippen LogP contribution is 2.04. The Bertz CT molecular complexity index is 86.9. The summed E-state index contributed by atoms with van der Waals surface area (Å²) in [7, 11) is 1.68. The van der Waals surface area contributed by atoms with E-state index in [0.717, 1.165) is 12.8 Å². The van der Waals surface area contributed by atoms with Crippen LogP contribution in [-0.2, 0) is 4.74 Å². The molecule has 0 aromatic rings. The fourth-order valence-corrected chi connectivity index (χ4v) is 0.957. The molecule has 1 radical (unpaired) electrons. The molecule has 0 heterocycles. The van der Waals surface area contributed by atoms with Gasteiger partial charge in [0.25, 0.3) is 0 Å². The van der Waals surface area contributed by atoms with Crippen molar-refractivity contribution >= 4 is 0 Å². The summed E-state index contributed by atoms with van der Waals surface area (Å²) in [4.78, 5) is 0. The fourth-order valence-electron chi connectivity index (χ4n) is 0.957. The van der Waals surface area contributed by atoms with Crippen molar-refractivity contribution in [2.24, 2.45) is 0 Å². The van der Waals surface area contributed by atoms with E-state index in [1.165, 1.54) is 25.7 Å². The highest BCUT2D eigenvalue weighted by Gasteiger charge is 1.85. The molecule has 0 spiro atoms. The molecule has 0 bridgehead atoms. The minimum absolute atomic E-state index is 1.08. The third-order valence-corrected chi connectivity index (χ3v) is 1.60. The number of methoxy groups -OCH3 is 1. The number of unbranched alkanes of at least 4 members (excludes halogenated alkanes) is 5. The molecule has 0 N–H and O–H groups in total. The van der Waals surface area contributed by atoms with Crippen LogP contribution < -0.4 is 0 Å². The van der Waals surface area contributed by atoms with Crippen molar-refractivity contribution < 1.29 is 4.74 Å². The van der Waals surface area contributed by atoms with Gasteiger partial charge in [-0.05, 0) is 18.9 Å². The summed E-state index contributed by atoms with van der Waals surface area (Å²) in [6.07, 6.45) is 11.2. The number of rotatable bonds is 7. The third-order valence-electron chi connectivity index (χ3n) is 1.60. The van der Waals surface area contributed by atoms with Gasteiger partial charge in [-0.25, -0.2) is 0 Å². The maximum absolute atomic E-state index is 4.78. The van der Waals surface area contributed by atoms with Crippen LogP contribution in [0.2, 0.25) is 0 Å². The van der Waals surface area contributed by atoms with E-state index in [4.69, 9.17) is 4.74 Å². The van der Waals surface area contributed by atoms with Crippen LogP contribution in [0.1, 0.15) is 38.5 Å². The maximum atomic E-state index is 4.78. The van der Waals surface area contributed by atoms with Crippen molar-refractivity contribution in [1.82, 2.24) is 0 Å². The van der Waals surface area contributed by atoms with Crippen molar-refractivity contribution in [3.63, 3.8) is 0 Å². The molecule has 65 valence electrons. The van der Waals surface area contributed by atoms with E-state index < -0.39 is 0 Å². The molecule has 0 saturated carbocycles. The van der Waals surface area contributed by atoms with Gasteiger partial charge >= 0.3 is 0 Å². The van der Waals surface area contributed by atoms with Crippen molar-refractivity contribution in [3.05, 3.63) is 19.3 Å². The summed E-state index contributed by atoms with van der Waals surface area (Å²) in [6, 6.07) is 0. The smallest absolute Gasteiger partial charge is 0.0784 e.